The van der Waals surface area contributed by atoms with Crippen LogP contribution < -0.4 is 4.90 Å². The lowest BCUT2D eigenvalue weighted by Crippen LogP contribution is -2.11. The highest BCUT2D eigenvalue weighted by Gasteiger charge is 2.10. The van der Waals surface area contributed by atoms with Gasteiger partial charge in [0.25, 0.3) is 0 Å². The highest BCUT2D eigenvalue weighted by Crippen LogP contribution is 2.32. The molecule has 0 amide bonds. The van der Waals surface area contributed by atoms with Crippen LogP contribution in [0.15, 0.2) is 48.5 Å². The highest BCUT2D eigenvalue weighted by atomic mass is 35.5. The molecule has 0 saturated carbocycles. The molecule has 0 unspecified atom stereocenters. The second kappa shape index (κ2) is 5.44. The fourth-order valence-corrected chi connectivity index (χ4v) is 2.37. The second-order valence-corrected chi connectivity index (χ2v) is 4.44. The van der Waals surface area contributed by atoms with Crippen molar-refractivity contribution in [2.75, 3.05) is 11.9 Å². The average Bonchev–Trinajstić information content (AvgIpc) is 2.38. The summed E-state index contributed by atoms with van der Waals surface area (Å²) < 4.78 is 0. The van der Waals surface area contributed by atoms with Gasteiger partial charge in [0.15, 0.2) is 0 Å². The van der Waals surface area contributed by atoms with Crippen molar-refractivity contribution in [1.82, 2.24) is 0 Å². The molecule has 0 aliphatic rings. The number of benzene rings is 2. The van der Waals surface area contributed by atoms with Crippen molar-refractivity contribution in [2.24, 2.45) is 0 Å². The Kier molecular flexibility index (Phi) is 3.93. The summed E-state index contributed by atoms with van der Waals surface area (Å²) in [4.78, 5) is 2.09. The third kappa shape index (κ3) is 2.56. The van der Waals surface area contributed by atoms with Gasteiger partial charge in [-0.3, -0.25) is 0 Å². The van der Waals surface area contributed by atoms with E-state index in [2.05, 4.69) is 17.0 Å². The van der Waals surface area contributed by atoms with Gasteiger partial charge in [0.05, 0.1) is 5.88 Å². The number of hydrogen-bond donors (Lipinski definition) is 0. The smallest absolute Gasteiger partial charge is 0.0509 e. The van der Waals surface area contributed by atoms with Gasteiger partial charge < -0.3 is 4.90 Å². The van der Waals surface area contributed by atoms with Gasteiger partial charge >= 0.3 is 0 Å². The second-order valence-electron chi connectivity index (χ2n) is 3.77. The average molecular weight is 266 g/mol. The molecule has 88 valence electrons. The zero-order valence-electron chi connectivity index (χ0n) is 9.53. The topological polar surface area (TPSA) is 3.24 Å². The molecule has 0 aliphatic carbocycles. The standard InChI is InChI=1S/C14H13Cl2N/c1-17(11-6-3-2-4-7-11)14-9-5-8-13(16)12(14)10-15/h2-9H,10H2,1H3. The molecule has 2 aromatic rings. The molecule has 0 atom stereocenters. The predicted octanol–water partition coefficient (Wildman–Crippen LogP) is 4.85. The molecule has 2 aromatic carbocycles. The van der Waals surface area contributed by atoms with Gasteiger partial charge in [-0.15, -0.1) is 11.6 Å². The fraction of sp³-hybridized carbons (Fsp3) is 0.143. The van der Waals surface area contributed by atoms with E-state index in [0.29, 0.717) is 10.9 Å². The molecular formula is C14H13Cl2N. The molecule has 1 nitrogen and oxygen atoms in total. The van der Waals surface area contributed by atoms with Crippen molar-refractivity contribution >= 4 is 34.6 Å². The number of anilines is 2. The van der Waals surface area contributed by atoms with Gasteiger partial charge in [0.1, 0.15) is 0 Å². The summed E-state index contributed by atoms with van der Waals surface area (Å²) >= 11 is 12.1. The molecule has 0 radical (unpaired) electrons. The Balaban J connectivity index is 2.44. The summed E-state index contributed by atoms with van der Waals surface area (Å²) in [7, 11) is 2.01. The summed E-state index contributed by atoms with van der Waals surface area (Å²) in [6.07, 6.45) is 0. The molecule has 0 bridgehead atoms. The van der Waals surface area contributed by atoms with E-state index in [-0.39, 0.29) is 0 Å². The molecule has 0 aliphatic heterocycles. The predicted molar refractivity (Wildman–Crippen MR) is 75.5 cm³/mol. The molecular weight excluding hydrogens is 253 g/mol. The van der Waals surface area contributed by atoms with E-state index in [1.54, 1.807) is 0 Å². The molecule has 3 heteroatoms. The van der Waals surface area contributed by atoms with Crippen LogP contribution in [0.3, 0.4) is 0 Å². The lowest BCUT2D eigenvalue weighted by Gasteiger charge is -2.22. The maximum atomic E-state index is 6.15. The number of para-hydroxylation sites is 1. The Morgan fingerprint density at radius 2 is 1.71 bits per heavy atom. The first-order valence-corrected chi connectivity index (χ1v) is 6.27. The summed E-state index contributed by atoms with van der Waals surface area (Å²) in [5, 5.41) is 0.709. The maximum Gasteiger partial charge on any atom is 0.0509 e. The maximum absolute atomic E-state index is 6.15. The first-order valence-electron chi connectivity index (χ1n) is 5.36. The minimum absolute atomic E-state index is 0.409. The van der Waals surface area contributed by atoms with E-state index < -0.39 is 0 Å². The van der Waals surface area contributed by atoms with Crippen LogP contribution in [-0.2, 0) is 5.88 Å². The van der Waals surface area contributed by atoms with Crippen LogP contribution in [-0.4, -0.2) is 7.05 Å². The minimum Gasteiger partial charge on any atom is -0.344 e. The van der Waals surface area contributed by atoms with E-state index in [9.17, 15) is 0 Å². The molecule has 0 heterocycles. The zero-order valence-corrected chi connectivity index (χ0v) is 11.0. The Morgan fingerprint density at radius 3 is 2.35 bits per heavy atom. The Morgan fingerprint density at radius 1 is 1.00 bits per heavy atom. The molecule has 2 rings (SSSR count). The van der Waals surface area contributed by atoms with Crippen molar-refractivity contribution < 1.29 is 0 Å². The largest absolute Gasteiger partial charge is 0.344 e. The van der Waals surface area contributed by atoms with Crippen LogP contribution in [0.4, 0.5) is 11.4 Å². The lowest BCUT2D eigenvalue weighted by atomic mass is 10.1. The van der Waals surface area contributed by atoms with Gasteiger partial charge in [-0.1, -0.05) is 35.9 Å². The van der Waals surface area contributed by atoms with E-state index in [1.165, 1.54) is 0 Å². The van der Waals surface area contributed by atoms with Crippen LogP contribution in [0.1, 0.15) is 5.56 Å². The third-order valence-electron chi connectivity index (χ3n) is 2.73. The van der Waals surface area contributed by atoms with E-state index in [4.69, 9.17) is 23.2 Å². The quantitative estimate of drug-likeness (QED) is 0.718. The monoisotopic (exact) mass is 265 g/mol. The van der Waals surface area contributed by atoms with Crippen LogP contribution in [0.2, 0.25) is 5.02 Å². The van der Waals surface area contributed by atoms with Crippen LogP contribution >= 0.6 is 23.2 Å². The zero-order chi connectivity index (χ0) is 12.3. The van der Waals surface area contributed by atoms with Crippen LogP contribution in [0, 0.1) is 0 Å². The summed E-state index contributed by atoms with van der Waals surface area (Å²) in [5.74, 6) is 0.409. The van der Waals surface area contributed by atoms with Gasteiger partial charge in [0, 0.05) is 29.0 Å². The number of rotatable bonds is 3. The van der Waals surface area contributed by atoms with Gasteiger partial charge in [-0.05, 0) is 24.3 Å². The molecule has 0 aromatic heterocycles. The lowest BCUT2D eigenvalue weighted by molar-refractivity contribution is 1.18. The molecule has 0 N–H and O–H groups in total. The van der Waals surface area contributed by atoms with Crippen LogP contribution in [0.5, 0.6) is 0 Å². The fourth-order valence-electron chi connectivity index (χ4n) is 1.78. The first-order chi connectivity index (χ1) is 8.24. The summed E-state index contributed by atoms with van der Waals surface area (Å²) in [5.41, 5.74) is 3.11. The Hall–Kier alpha value is -1.18. The first kappa shape index (κ1) is 12.3. The van der Waals surface area contributed by atoms with Gasteiger partial charge in [0.2, 0.25) is 0 Å². The highest BCUT2D eigenvalue weighted by molar-refractivity contribution is 6.32. The van der Waals surface area contributed by atoms with E-state index in [0.717, 1.165) is 16.9 Å². The third-order valence-corrected chi connectivity index (χ3v) is 3.35. The van der Waals surface area contributed by atoms with Crippen molar-refractivity contribution in [2.45, 2.75) is 5.88 Å². The van der Waals surface area contributed by atoms with Crippen molar-refractivity contribution in [3.05, 3.63) is 59.1 Å². The van der Waals surface area contributed by atoms with E-state index in [1.807, 2.05) is 43.4 Å². The molecule has 0 fully saturated rings. The number of halogens is 2. The number of hydrogen-bond acceptors (Lipinski definition) is 1. The molecule has 0 spiro atoms. The van der Waals surface area contributed by atoms with Crippen molar-refractivity contribution in [1.29, 1.82) is 0 Å². The summed E-state index contributed by atoms with van der Waals surface area (Å²) in [6.45, 7) is 0. The minimum atomic E-state index is 0.409. The summed E-state index contributed by atoms with van der Waals surface area (Å²) in [6, 6.07) is 16.0. The number of alkyl halides is 1. The normalized spacial score (nSPS) is 10.3. The van der Waals surface area contributed by atoms with E-state index >= 15 is 0 Å². The van der Waals surface area contributed by atoms with Crippen molar-refractivity contribution in [3.8, 4) is 0 Å². The Labute approximate surface area is 112 Å². The molecule has 0 saturated heterocycles. The molecule has 17 heavy (non-hydrogen) atoms. The van der Waals surface area contributed by atoms with Gasteiger partial charge in [-0.2, -0.15) is 0 Å². The van der Waals surface area contributed by atoms with Crippen LogP contribution in [0.25, 0.3) is 0 Å². The van der Waals surface area contributed by atoms with Crippen molar-refractivity contribution in [3.63, 3.8) is 0 Å². The number of nitrogens with zero attached hydrogens (tertiary/aromatic N) is 1. The SMILES string of the molecule is CN(c1ccccc1)c1cccc(Cl)c1CCl. The Bertz CT molecular complexity index is 497. The van der Waals surface area contributed by atoms with Gasteiger partial charge in [-0.25, -0.2) is 0 Å².